The molecule has 2 aliphatic heterocycles. The van der Waals surface area contributed by atoms with E-state index in [1.165, 1.54) is 7.11 Å². The van der Waals surface area contributed by atoms with E-state index in [0.717, 1.165) is 58.4 Å². The number of nitrogens with two attached hydrogens (primary N) is 1. The molecular formula is C22H34ClN5O3. The number of anilines is 1. The van der Waals surface area contributed by atoms with Gasteiger partial charge in [0.25, 0.3) is 5.91 Å². The van der Waals surface area contributed by atoms with Crippen molar-refractivity contribution in [1.82, 2.24) is 20.0 Å². The van der Waals surface area contributed by atoms with Crippen LogP contribution in [0.25, 0.3) is 0 Å². The number of hydrogen-bond donors (Lipinski definition) is 2. The number of amides is 3. The first-order valence-electron chi connectivity index (χ1n) is 10.9. The summed E-state index contributed by atoms with van der Waals surface area (Å²) in [6.45, 7) is 4.65. The van der Waals surface area contributed by atoms with Crippen molar-refractivity contribution >= 4 is 29.2 Å². The summed E-state index contributed by atoms with van der Waals surface area (Å²) in [6, 6.07) is 3.38. The largest absolute Gasteiger partial charge is 0.496 e. The van der Waals surface area contributed by atoms with Crippen LogP contribution in [0, 0.1) is 5.92 Å². The molecule has 3 amide bonds. The van der Waals surface area contributed by atoms with Gasteiger partial charge in [0.15, 0.2) is 0 Å². The molecule has 0 spiro atoms. The lowest BCUT2D eigenvalue weighted by Gasteiger charge is -2.38. The maximum atomic E-state index is 12.7. The number of piperidine rings is 2. The number of nitrogens with zero attached hydrogens (tertiary/aromatic N) is 3. The molecule has 1 aromatic rings. The summed E-state index contributed by atoms with van der Waals surface area (Å²) in [5.74, 6) is 0.865. The van der Waals surface area contributed by atoms with Gasteiger partial charge in [-0.2, -0.15) is 0 Å². The van der Waals surface area contributed by atoms with E-state index < -0.39 is 0 Å². The number of hydrogen-bond acceptors (Lipinski definition) is 5. The maximum absolute atomic E-state index is 12.7. The number of carbonyl (C=O) groups is 2. The third-order valence-corrected chi connectivity index (χ3v) is 6.60. The van der Waals surface area contributed by atoms with Gasteiger partial charge in [0.1, 0.15) is 5.75 Å². The SMILES string of the molecule is COc1cc(N)c(Cl)cc1C(=O)NC1CCN(CC2CCN(C(=O)N(C)C)CC2)CC1. The van der Waals surface area contributed by atoms with Gasteiger partial charge in [-0.15, -0.1) is 0 Å². The quantitative estimate of drug-likeness (QED) is 0.671. The molecular weight excluding hydrogens is 418 g/mol. The van der Waals surface area contributed by atoms with Crippen LogP contribution in [0.3, 0.4) is 0 Å². The Bertz CT molecular complexity index is 788. The first kappa shape index (κ1) is 23.5. The number of methoxy groups -OCH3 is 1. The number of carbonyl (C=O) groups excluding carboxylic acids is 2. The second-order valence-electron chi connectivity index (χ2n) is 8.73. The summed E-state index contributed by atoms with van der Waals surface area (Å²) >= 11 is 6.09. The van der Waals surface area contributed by atoms with Crippen LogP contribution in [-0.4, -0.2) is 86.6 Å². The third-order valence-electron chi connectivity index (χ3n) is 6.27. The van der Waals surface area contributed by atoms with Gasteiger partial charge in [0.2, 0.25) is 0 Å². The van der Waals surface area contributed by atoms with Gasteiger partial charge < -0.3 is 30.5 Å². The number of nitrogens with one attached hydrogen (secondary N) is 1. The van der Waals surface area contributed by atoms with Gasteiger partial charge in [-0.05, 0) is 37.7 Å². The van der Waals surface area contributed by atoms with Crippen molar-refractivity contribution < 1.29 is 14.3 Å². The summed E-state index contributed by atoms with van der Waals surface area (Å²) in [4.78, 5) is 30.9. The van der Waals surface area contributed by atoms with E-state index in [2.05, 4.69) is 10.2 Å². The number of likely N-dealkylation sites (tertiary alicyclic amines) is 2. The molecule has 2 heterocycles. The molecule has 2 aliphatic rings. The third kappa shape index (κ3) is 5.95. The molecule has 3 rings (SSSR count). The number of nitrogen functional groups attached to an aromatic ring is 1. The zero-order chi connectivity index (χ0) is 22.5. The first-order chi connectivity index (χ1) is 14.8. The molecule has 0 aliphatic carbocycles. The fourth-order valence-corrected chi connectivity index (χ4v) is 4.56. The standard InChI is InChI=1S/C22H34ClN5O3/c1-26(2)22(30)28-10-4-15(5-11-28)14-27-8-6-16(7-9-27)25-21(29)17-12-18(23)19(24)13-20(17)31-3/h12-13,15-16H,4-11,14,24H2,1-3H3,(H,25,29). The van der Waals surface area contributed by atoms with Gasteiger partial charge in [-0.25, -0.2) is 4.79 Å². The molecule has 1 aromatic carbocycles. The smallest absolute Gasteiger partial charge is 0.319 e. The highest BCUT2D eigenvalue weighted by molar-refractivity contribution is 6.33. The number of benzene rings is 1. The zero-order valence-electron chi connectivity index (χ0n) is 18.7. The van der Waals surface area contributed by atoms with E-state index in [9.17, 15) is 9.59 Å². The monoisotopic (exact) mass is 451 g/mol. The zero-order valence-corrected chi connectivity index (χ0v) is 19.5. The van der Waals surface area contributed by atoms with Crippen molar-refractivity contribution in [2.24, 2.45) is 5.92 Å². The molecule has 0 radical (unpaired) electrons. The summed E-state index contributed by atoms with van der Waals surface area (Å²) < 4.78 is 5.29. The summed E-state index contributed by atoms with van der Waals surface area (Å²) in [5, 5.41) is 3.46. The van der Waals surface area contributed by atoms with Crippen LogP contribution in [0.5, 0.6) is 5.75 Å². The highest BCUT2D eigenvalue weighted by Gasteiger charge is 2.28. The van der Waals surface area contributed by atoms with Crippen molar-refractivity contribution in [2.75, 3.05) is 59.7 Å². The van der Waals surface area contributed by atoms with Crippen LogP contribution >= 0.6 is 11.6 Å². The van der Waals surface area contributed by atoms with Gasteiger partial charge in [0, 0.05) is 58.9 Å². The van der Waals surface area contributed by atoms with Crippen LogP contribution < -0.4 is 15.8 Å². The Labute approximate surface area is 189 Å². The molecule has 0 unspecified atom stereocenters. The molecule has 3 N–H and O–H groups in total. The molecule has 0 aromatic heterocycles. The van der Waals surface area contributed by atoms with Crippen molar-refractivity contribution in [3.63, 3.8) is 0 Å². The normalized spacial score (nSPS) is 18.6. The van der Waals surface area contributed by atoms with Crippen molar-refractivity contribution in [2.45, 2.75) is 31.7 Å². The first-order valence-corrected chi connectivity index (χ1v) is 11.3. The highest BCUT2D eigenvalue weighted by Crippen LogP contribution is 2.29. The van der Waals surface area contributed by atoms with Gasteiger partial charge >= 0.3 is 6.03 Å². The average Bonchev–Trinajstić information content (AvgIpc) is 2.76. The minimum atomic E-state index is -0.185. The van der Waals surface area contributed by atoms with Crippen LogP contribution in [0.15, 0.2) is 12.1 Å². The minimum Gasteiger partial charge on any atom is -0.496 e. The van der Waals surface area contributed by atoms with Crippen molar-refractivity contribution in [1.29, 1.82) is 0 Å². The fourth-order valence-electron chi connectivity index (χ4n) is 4.39. The minimum absolute atomic E-state index is 0.106. The number of rotatable bonds is 5. The molecule has 9 heteroatoms. The fraction of sp³-hybridized carbons (Fsp3) is 0.636. The van der Waals surface area contributed by atoms with Gasteiger partial charge in [0.05, 0.1) is 23.4 Å². The van der Waals surface area contributed by atoms with E-state index in [1.807, 2.05) is 4.90 Å². The molecule has 0 saturated carbocycles. The Morgan fingerprint density at radius 2 is 1.81 bits per heavy atom. The highest BCUT2D eigenvalue weighted by atomic mass is 35.5. The Hall–Kier alpha value is -2.19. The second kappa shape index (κ2) is 10.4. The molecule has 0 atom stereocenters. The lowest BCUT2D eigenvalue weighted by Crippen LogP contribution is -2.48. The lowest BCUT2D eigenvalue weighted by atomic mass is 9.94. The Morgan fingerprint density at radius 1 is 1.16 bits per heavy atom. The Morgan fingerprint density at radius 3 is 2.39 bits per heavy atom. The number of ether oxygens (including phenoxy) is 1. The van der Waals surface area contributed by atoms with E-state index in [4.69, 9.17) is 22.1 Å². The summed E-state index contributed by atoms with van der Waals surface area (Å²) in [5.41, 5.74) is 6.60. The number of urea groups is 1. The number of halogens is 1. The maximum Gasteiger partial charge on any atom is 0.319 e. The molecule has 2 fully saturated rings. The van der Waals surface area contributed by atoms with Gasteiger partial charge in [-0.3, -0.25) is 4.79 Å². The second-order valence-corrected chi connectivity index (χ2v) is 9.14. The van der Waals surface area contributed by atoms with E-state index in [1.54, 1.807) is 31.1 Å². The van der Waals surface area contributed by atoms with Crippen molar-refractivity contribution in [3.8, 4) is 5.75 Å². The van der Waals surface area contributed by atoms with Crippen molar-refractivity contribution in [3.05, 3.63) is 22.7 Å². The molecule has 0 bridgehead atoms. The van der Waals surface area contributed by atoms with E-state index in [0.29, 0.717) is 27.9 Å². The van der Waals surface area contributed by atoms with Crippen LogP contribution in [0.4, 0.5) is 10.5 Å². The van der Waals surface area contributed by atoms with Crippen LogP contribution in [0.1, 0.15) is 36.0 Å². The van der Waals surface area contributed by atoms with E-state index >= 15 is 0 Å². The van der Waals surface area contributed by atoms with Crippen LogP contribution in [0.2, 0.25) is 5.02 Å². The van der Waals surface area contributed by atoms with Gasteiger partial charge in [-0.1, -0.05) is 11.6 Å². The predicted octanol–water partition coefficient (Wildman–Crippen LogP) is 2.52. The predicted molar refractivity (Wildman–Crippen MR) is 123 cm³/mol. The Kier molecular flexibility index (Phi) is 7.89. The van der Waals surface area contributed by atoms with E-state index in [-0.39, 0.29) is 18.0 Å². The van der Waals surface area contributed by atoms with Crippen LogP contribution in [-0.2, 0) is 0 Å². The summed E-state index contributed by atoms with van der Waals surface area (Å²) in [7, 11) is 5.11. The molecule has 2 saturated heterocycles. The average molecular weight is 452 g/mol. The Balaban J connectivity index is 1.44. The summed E-state index contributed by atoms with van der Waals surface area (Å²) in [6.07, 6.45) is 3.92. The molecule has 31 heavy (non-hydrogen) atoms. The molecule has 172 valence electrons. The molecule has 8 nitrogen and oxygen atoms in total. The lowest BCUT2D eigenvalue weighted by molar-refractivity contribution is 0.0888. The topological polar surface area (TPSA) is 91.1 Å².